The average Bonchev–Trinajstić information content (AvgIpc) is 2.57. The summed E-state index contributed by atoms with van der Waals surface area (Å²) in [6.45, 7) is 3.34. The van der Waals surface area contributed by atoms with E-state index in [1.54, 1.807) is 16.8 Å². The molecule has 2 amide bonds. The number of fused-ring (bicyclic) bond motifs is 1. The monoisotopic (exact) mass is 305 g/mol. The summed E-state index contributed by atoms with van der Waals surface area (Å²) < 4.78 is 4.89. The Labute approximate surface area is 128 Å². The van der Waals surface area contributed by atoms with Gasteiger partial charge < -0.3 is 14.5 Å². The van der Waals surface area contributed by atoms with Gasteiger partial charge in [0.2, 0.25) is 5.91 Å². The fourth-order valence-electron chi connectivity index (χ4n) is 2.86. The molecule has 0 aliphatic carbocycles. The summed E-state index contributed by atoms with van der Waals surface area (Å²) in [5, 5.41) is 0. The van der Waals surface area contributed by atoms with Crippen LogP contribution in [0.25, 0.3) is 0 Å². The van der Waals surface area contributed by atoms with E-state index in [9.17, 15) is 9.59 Å². The van der Waals surface area contributed by atoms with Gasteiger partial charge in [-0.15, -0.1) is 0 Å². The highest BCUT2D eigenvalue weighted by molar-refractivity contribution is 5.94. The molecular formula is C14H19N5O3. The van der Waals surface area contributed by atoms with Crippen molar-refractivity contribution in [2.45, 2.75) is 6.04 Å². The molecule has 0 unspecified atom stereocenters. The van der Waals surface area contributed by atoms with Crippen LogP contribution in [0.3, 0.4) is 0 Å². The second kappa shape index (κ2) is 5.88. The molecule has 2 aliphatic heterocycles. The normalized spacial score (nSPS) is 22.5. The van der Waals surface area contributed by atoms with Crippen LogP contribution in [0, 0.1) is 0 Å². The molecule has 2 fully saturated rings. The highest BCUT2D eigenvalue weighted by Crippen LogP contribution is 2.18. The molecule has 22 heavy (non-hydrogen) atoms. The van der Waals surface area contributed by atoms with E-state index in [-0.39, 0.29) is 23.9 Å². The second-order valence-electron chi connectivity index (χ2n) is 5.52. The largest absolute Gasteiger partial charge is 0.467 e. The zero-order chi connectivity index (χ0) is 15.7. The minimum Gasteiger partial charge on any atom is -0.467 e. The van der Waals surface area contributed by atoms with Gasteiger partial charge in [-0.1, -0.05) is 0 Å². The molecule has 0 bridgehead atoms. The van der Waals surface area contributed by atoms with E-state index in [4.69, 9.17) is 4.74 Å². The van der Waals surface area contributed by atoms with Gasteiger partial charge in [0.25, 0.3) is 5.91 Å². The molecule has 1 aromatic rings. The van der Waals surface area contributed by atoms with E-state index < -0.39 is 0 Å². The van der Waals surface area contributed by atoms with Crippen LogP contribution < -0.4 is 4.74 Å². The number of rotatable bonds is 2. The summed E-state index contributed by atoms with van der Waals surface area (Å²) in [6, 6.07) is -0.0129. The minimum atomic E-state index is -0.240. The van der Waals surface area contributed by atoms with E-state index in [1.807, 2.05) is 0 Å². The number of ether oxygens (including phenoxy) is 1. The third-order valence-corrected chi connectivity index (χ3v) is 4.22. The predicted octanol–water partition coefficient (Wildman–Crippen LogP) is -0.916. The van der Waals surface area contributed by atoms with Gasteiger partial charge in [-0.3, -0.25) is 14.5 Å². The van der Waals surface area contributed by atoms with Crippen molar-refractivity contribution in [3.8, 4) is 6.01 Å². The summed E-state index contributed by atoms with van der Waals surface area (Å²) in [5.74, 6) is -0.0712. The standard InChI is InChI=1S/C14H19N5O3/c1-17-3-4-18-5-6-19(9-11(18)13(17)21)12(20)10-7-15-14(22-2)16-8-10/h7-8,11H,3-6,9H2,1-2H3/t11-/m0/s1. The van der Waals surface area contributed by atoms with Gasteiger partial charge in [-0.05, 0) is 0 Å². The van der Waals surface area contributed by atoms with Gasteiger partial charge in [0.05, 0.1) is 12.7 Å². The Balaban J connectivity index is 1.72. The number of amides is 2. The molecule has 1 atom stereocenters. The molecule has 3 rings (SSSR count). The number of hydrogen-bond acceptors (Lipinski definition) is 6. The minimum absolute atomic E-state index is 0.0785. The maximum Gasteiger partial charge on any atom is 0.316 e. The topological polar surface area (TPSA) is 78.9 Å². The number of carbonyl (C=O) groups excluding carboxylic acids is 2. The SMILES string of the molecule is COc1ncc(C(=O)N2CCN3CCN(C)C(=O)[C@@H]3C2)cn1. The molecule has 1 aromatic heterocycles. The first-order chi connectivity index (χ1) is 10.6. The van der Waals surface area contributed by atoms with Crippen molar-refractivity contribution in [3.63, 3.8) is 0 Å². The third-order valence-electron chi connectivity index (χ3n) is 4.22. The number of hydrogen-bond donors (Lipinski definition) is 0. The van der Waals surface area contributed by atoms with Crippen molar-refractivity contribution in [2.24, 2.45) is 0 Å². The van der Waals surface area contributed by atoms with Crippen LogP contribution in [-0.4, -0.2) is 89.4 Å². The number of carbonyl (C=O) groups is 2. The highest BCUT2D eigenvalue weighted by Gasteiger charge is 2.38. The van der Waals surface area contributed by atoms with Crippen molar-refractivity contribution in [2.75, 3.05) is 46.9 Å². The first kappa shape index (κ1) is 14.7. The van der Waals surface area contributed by atoms with Crippen molar-refractivity contribution in [3.05, 3.63) is 18.0 Å². The summed E-state index contributed by atoms with van der Waals surface area (Å²) >= 11 is 0. The third kappa shape index (κ3) is 2.61. The number of methoxy groups -OCH3 is 1. The Morgan fingerprint density at radius 3 is 2.59 bits per heavy atom. The van der Waals surface area contributed by atoms with Crippen LogP contribution >= 0.6 is 0 Å². The van der Waals surface area contributed by atoms with Gasteiger partial charge >= 0.3 is 6.01 Å². The molecular weight excluding hydrogens is 286 g/mol. The van der Waals surface area contributed by atoms with Gasteiger partial charge in [0.1, 0.15) is 6.04 Å². The molecule has 3 heterocycles. The lowest BCUT2D eigenvalue weighted by molar-refractivity contribution is -0.142. The van der Waals surface area contributed by atoms with Crippen LogP contribution in [0.2, 0.25) is 0 Å². The molecule has 2 saturated heterocycles. The first-order valence-electron chi connectivity index (χ1n) is 7.24. The van der Waals surface area contributed by atoms with Crippen molar-refractivity contribution >= 4 is 11.8 Å². The molecule has 0 spiro atoms. The number of aromatic nitrogens is 2. The zero-order valence-corrected chi connectivity index (χ0v) is 12.7. The molecule has 0 N–H and O–H groups in total. The van der Waals surface area contributed by atoms with Crippen LogP contribution in [0.1, 0.15) is 10.4 Å². The fourth-order valence-corrected chi connectivity index (χ4v) is 2.86. The molecule has 118 valence electrons. The fraction of sp³-hybridized carbons (Fsp3) is 0.571. The van der Waals surface area contributed by atoms with Gasteiger partial charge in [0, 0.05) is 52.2 Å². The lowest BCUT2D eigenvalue weighted by Gasteiger charge is -2.45. The number of likely N-dealkylation sites (N-methyl/N-ethyl adjacent to an activating group) is 1. The Morgan fingerprint density at radius 2 is 1.91 bits per heavy atom. The molecule has 8 heteroatoms. The average molecular weight is 305 g/mol. The molecule has 0 aromatic carbocycles. The summed E-state index contributed by atoms with van der Waals surface area (Å²) in [6.07, 6.45) is 2.91. The summed E-state index contributed by atoms with van der Waals surface area (Å²) in [5.41, 5.74) is 0.408. The lowest BCUT2D eigenvalue weighted by Crippen LogP contribution is -2.64. The maximum atomic E-state index is 12.5. The van der Waals surface area contributed by atoms with Crippen LogP contribution in [0.15, 0.2) is 12.4 Å². The Morgan fingerprint density at radius 1 is 1.23 bits per heavy atom. The Kier molecular flexibility index (Phi) is 3.93. The van der Waals surface area contributed by atoms with Crippen molar-refractivity contribution in [1.29, 1.82) is 0 Å². The molecule has 0 saturated carbocycles. The van der Waals surface area contributed by atoms with Gasteiger partial charge in [-0.2, -0.15) is 0 Å². The van der Waals surface area contributed by atoms with Crippen molar-refractivity contribution < 1.29 is 14.3 Å². The quantitative estimate of drug-likeness (QED) is 0.703. The smallest absolute Gasteiger partial charge is 0.316 e. The van der Waals surface area contributed by atoms with E-state index in [2.05, 4.69) is 14.9 Å². The molecule has 8 nitrogen and oxygen atoms in total. The van der Waals surface area contributed by atoms with E-state index in [0.29, 0.717) is 25.2 Å². The Bertz CT molecular complexity index is 576. The van der Waals surface area contributed by atoms with Crippen LogP contribution in [-0.2, 0) is 4.79 Å². The van der Waals surface area contributed by atoms with Crippen molar-refractivity contribution in [1.82, 2.24) is 24.7 Å². The lowest BCUT2D eigenvalue weighted by atomic mass is 10.1. The van der Waals surface area contributed by atoms with Crippen LogP contribution in [0.5, 0.6) is 6.01 Å². The van der Waals surface area contributed by atoms with E-state index in [0.717, 1.165) is 13.1 Å². The first-order valence-corrected chi connectivity index (χ1v) is 7.24. The molecule has 0 radical (unpaired) electrons. The van der Waals surface area contributed by atoms with E-state index >= 15 is 0 Å². The maximum absolute atomic E-state index is 12.5. The van der Waals surface area contributed by atoms with E-state index in [1.165, 1.54) is 19.5 Å². The Hall–Kier alpha value is -2.22. The number of nitrogens with zero attached hydrogens (tertiary/aromatic N) is 5. The zero-order valence-electron chi connectivity index (χ0n) is 12.7. The predicted molar refractivity (Wildman–Crippen MR) is 77.5 cm³/mol. The summed E-state index contributed by atoms with van der Waals surface area (Å²) in [7, 11) is 3.28. The van der Waals surface area contributed by atoms with Gasteiger partial charge in [-0.25, -0.2) is 9.97 Å². The number of piperazine rings is 2. The highest BCUT2D eigenvalue weighted by atomic mass is 16.5. The van der Waals surface area contributed by atoms with Crippen LogP contribution in [0.4, 0.5) is 0 Å². The summed E-state index contributed by atoms with van der Waals surface area (Å²) in [4.78, 5) is 38.3. The second-order valence-corrected chi connectivity index (χ2v) is 5.52. The molecule has 2 aliphatic rings. The van der Waals surface area contributed by atoms with Gasteiger partial charge in [0.15, 0.2) is 0 Å².